The van der Waals surface area contributed by atoms with Crippen molar-refractivity contribution in [1.29, 1.82) is 0 Å². The first kappa shape index (κ1) is 15.4. The summed E-state index contributed by atoms with van der Waals surface area (Å²) in [4.78, 5) is 14.5. The van der Waals surface area contributed by atoms with Crippen molar-refractivity contribution >= 4 is 23.1 Å². The molecule has 0 saturated carbocycles. The van der Waals surface area contributed by atoms with Crippen molar-refractivity contribution in [1.82, 2.24) is 4.90 Å². The molecule has 4 heteroatoms. The quantitative estimate of drug-likeness (QED) is 0.729. The van der Waals surface area contributed by atoms with Crippen LogP contribution in [-0.4, -0.2) is 28.9 Å². The Morgan fingerprint density at radius 2 is 1.94 bits per heavy atom. The summed E-state index contributed by atoms with van der Waals surface area (Å²) >= 11 is 4.93. The normalized spacial score (nSPS) is 13.3. The zero-order chi connectivity index (χ0) is 12.9. The summed E-state index contributed by atoms with van der Waals surface area (Å²) in [6.07, 6.45) is 0.837. The molecular formula is C12H24N2OS. The van der Waals surface area contributed by atoms with Gasteiger partial charge in [-0.25, -0.2) is 0 Å². The average Bonchev–Trinajstić information content (AvgIpc) is 2.24. The van der Waals surface area contributed by atoms with Gasteiger partial charge in [-0.15, -0.1) is 0 Å². The molecule has 3 nitrogen and oxygen atoms in total. The van der Waals surface area contributed by atoms with E-state index in [0.717, 1.165) is 6.42 Å². The molecule has 0 heterocycles. The Morgan fingerprint density at radius 3 is 2.25 bits per heavy atom. The number of hydrogen-bond donors (Lipinski definition) is 1. The number of hydrogen-bond acceptors (Lipinski definition) is 2. The van der Waals surface area contributed by atoms with Gasteiger partial charge in [0.15, 0.2) is 0 Å². The maximum Gasteiger partial charge on any atom is 0.228 e. The van der Waals surface area contributed by atoms with Gasteiger partial charge >= 0.3 is 0 Å². The van der Waals surface area contributed by atoms with E-state index in [1.165, 1.54) is 0 Å². The second kappa shape index (κ2) is 6.18. The third-order valence-corrected chi connectivity index (χ3v) is 3.51. The predicted octanol–water partition coefficient (Wildman–Crippen LogP) is 2.19. The molecule has 2 N–H and O–H groups in total. The number of thiocarbonyl (C=S) groups is 1. The third kappa shape index (κ3) is 4.08. The van der Waals surface area contributed by atoms with Crippen LogP contribution < -0.4 is 5.73 Å². The molecule has 1 amide bonds. The van der Waals surface area contributed by atoms with Gasteiger partial charge in [0, 0.05) is 24.4 Å². The van der Waals surface area contributed by atoms with Crippen molar-refractivity contribution in [3.05, 3.63) is 0 Å². The fraction of sp³-hybridized carbons (Fsp3) is 0.833. The van der Waals surface area contributed by atoms with E-state index in [1.807, 2.05) is 39.5 Å². The summed E-state index contributed by atoms with van der Waals surface area (Å²) in [6.45, 7) is 11.2. The van der Waals surface area contributed by atoms with E-state index in [2.05, 4.69) is 0 Å². The summed E-state index contributed by atoms with van der Waals surface area (Å²) in [5, 5.41) is 0. The van der Waals surface area contributed by atoms with Crippen LogP contribution in [0.25, 0.3) is 0 Å². The fourth-order valence-corrected chi connectivity index (χ4v) is 1.43. The third-order valence-electron chi connectivity index (χ3n) is 3.11. The molecule has 0 aromatic carbocycles. The molecule has 94 valence electrons. The molecule has 0 spiro atoms. The fourth-order valence-electron chi connectivity index (χ4n) is 1.36. The Hall–Kier alpha value is -0.640. The number of nitrogens with two attached hydrogens (primary N) is 1. The van der Waals surface area contributed by atoms with E-state index < -0.39 is 0 Å². The number of amides is 1. The van der Waals surface area contributed by atoms with Gasteiger partial charge in [-0.05, 0) is 13.3 Å². The van der Waals surface area contributed by atoms with Crippen molar-refractivity contribution < 1.29 is 4.79 Å². The van der Waals surface area contributed by atoms with Crippen molar-refractivity contribution in [2.24, 2.45) is 17.1 Å². The van der Waals surface area contributed by atoms with Crippen LogP contribution in [0.3, 0.4) is 0 Å². The van der Waals surface area contributed by atoms with Crippen molar-refractivity contribution in [2.45, 2.75) is 41.0 Å². The molecule has 0 bridgehead atoms. The average molecular weight is 244 g/mol. The molecule has 0 aliphatic rings. The van der Waals surface area contributed by atoms with E-state index in [-0.39, 0.29) is 17.2 Å². The summed E-state index contributed by atoms with van der Waals surface area (Å²) < 4.78 is 0. The summed E-state index contributed by atoms with van der Waals surface area (Å²) in [5.74, 6) is 0.257. The molecule has 0 aromatic heterocycles. The van der Waals surface area contributed by atoms with Crippen LogP contribution in [0, 0.1) is 11.3 Å². The van der Waals surface area contributed by atoms with Gasteiger partial charge in [0.2, 0.25) is 5.91 Å². The minimum absolute atomic E-state index is 0.0755. The summed E-state index contributed by atoms with van der Waals surface area (Å²) in [7, 11) is 0. The Morgan fingerprint density at radius 1 is 1.44 bits per heavy atom. The highest BCUT2D eigenvalue weighted by Gasteiger charge is 2.30. The molecule has 0 aliphatic carbocycles. The molecule has 0 aromatic rings. The highest BCUT2D eigenvalue weighted by atomic mass is 32.1. The van der Waals surface area contributed by atoms with Crippen LogP contribution in [0.1, 0.15) is 41.0 Å². The standard InChI is InChI=1S/C12H24N2OS/c1-6-12(4,5)11(15)14(7-2)8-9(3)10(13)16/h9H,6-8H2,1-5H3,(H2,13,16). The van der Waals surface area contributed by atoms with Crippen LogP contribution in [0.2, 0.25) is 0 Å². The SMILES string of the molecule is CCN(CC(C)C(N)=S)C(=O)C(C)(C)CC. The van der Waals surface area contributed by atoms with Crippen molar-refractivity contribution in [3.63, 3.8) is 0 Å². The lowest BCUT2D eigenvalue weighted by Gasteiger charge is -2.32. The molecule has 0 saturated heterocycles. The van der Waals surface area contributed by atoms with Gasteiger partial charge < -0.3 is 10.6 Å². The number of carbonyl (C=O) groups is 1. The Kier molecular flexibility index (Phi) is 5.94. The summed E-state index contributed by atoms with van der Waals surface area (Å²) in [5.41, 5.74) is 5.27. The first-order chi connectivity index (χ1) is 7.26. The maximum atomic E-state index is 12.2. The molecule has 1 unspecified atom stereocenters. The van der Waals surface area contributed by atoms with Gasteiger partial charge in [-0.2, -0.15) is 0 Å². The molecule has 0 rings (SSSR count). The Labute approximate surface area is 104 Å². The van der Waals surface area contributed by atoms with Gasteiger partial charge in [-0.3, -0.25) is 4.79 Å². The number of nitrogens with zero attached hydrogens (tertiary/aromatic N) is 1. The molecule has 16 heavy (non-hydrogen) atoms. The second-order valence-electron chi connectivity index (χ2n) is 4.88. The minimum Gasteiger partial charge on any atom is -0.393 e. The van der Waals surface area contributed by atoms with E-state index in [0.29, 0.717) is 18.1 Å². The van der Waals surface area contributed by atoms with Crippen LogP contribution >= 0.6 is 12.2 Å². The van der Waals surface area contributed by atoms with Crippen LogP contribution in [0.5, 0.6) is 0 Å². The molecule has 0 fully saturated rings. The van der Waals surface area contributed by atoms with Crippen LogP contribution in [-0.2, 0) is 4.79 Å². The smallest absolute Gasteiger partial charge is 0.228 e. The predicted molar refractivity (Wildman–Crippen MR) is 72.3 cm³/mol. The lowest BCUT2D eigenvalue weighted by atomic mass is 9.88. The maximum absolute atomic E-state index is 12.2. The number of rotatable bonds is 6. The van der Waals surface area contributed by atoms with Gasteiger partial charge in [0.05, 0.1) is 4.99 Å². The first-order valence-electron chi connectivity index (χ1n) is 5.85. The monoisotopic (exact) mass is 244 g/mol. The van der Waals surface area contributed by atoms with Gasteiger partial charge in [0.1, 0.15) is 0 Å². The summed E-state index contributed by atoms with van der Waals surface area (Å²) in [6, 6.07) is 0. The van der Waals surface area contributed by atoms with E-state index >= 15 is 0 Å². The van der Waals surface area contributed by atoms with Gasteiger partial charge in [-0.1, -0.05) is 39.9 Å². The zero-order valence-electron chi connectivity index (χ0n) is 11.0. The lowest BCUT2D eigenvalue weighted by molar-refractivity contribution is -0.140. The highest BCUT2D eigenvalue weighted by Crippen LogP contribution is 2.23. The largest absolute Gasteiger partial charge is 0.393 e. The van der Waals surface area contributed by atoms with Crippen LogP contribution in [0.4, 0.5) is 0 Å². The number of carbonyl (C=O) groups excluding carboxylic acids is 1. The van der Waals surface area contributed by atoms with E-state index in [1.54, 1.807) is 0 Å². The molecular weight excluding hydrogens is 220 g/mol. The van der Waals surface area contributed by atoms with E-state index in [9.17, 15) is 4.79 Å². The van der Waals surface area contributed by atoms with Gasteiger partial charge in [0.25, 0.3) is 0 Å². The topological polar surface area (TPSA) is 46.3 Å². The van der Waals surface area contributed by atoms with Crippen molar-refractivity contribution in [3.8, 4) is 0 Å². The second-order valence-corrected chi connectivity index (χ2v) is 5.36. The molecule has 0 aliphatic heterocycles. The molecule has 1 atom stereocenters. The lowest BCUT2D eigenvalue weighted by Crippen LogP contribution is -2.44. The zero-order valence-corrected chi connectivity index (χ0v) is 11.9. The first-order valence-corrected chi connectivity index (χ1v) is 6.25. The Balaban J connectivity index is 4.62. The van der Waals surface area contributed by atoms with E-state index in [4.69, 9.17) is 18.0 Å². The van der Waals surface area contributed by atoms with Crippen LogP contribution in [0.15, 0.2) is 0 Å². The minimum atomic E-state index is -0.300. The van der Waals surface area contributed by atoms with Crippen molar-refractivity contribution in [2.75, 3.05) is 13.1 Å². The Bertz CT molecular complexity index is 264. The molecule has 0 radical (unpaired) electrons. The highest BCUT2D eigenvalue weighted by molar-refractivity contribution is 7.80.